The number of hydrogen-bond donors (Lipinski definition) is 1. The number of aromatic nitrogens is 2. The fraction of sp³-hybridized carbons (Fsp3) is 0.692. The Labute approximate surface area is 112 Å². The Kier molecular flexibility index (Phi) is 5.98. The van der Waals surface area contributed by atoms with Crippen LogP contribution in [0.5, 0.6) is 0 Å². The predicted molar refractivity (Wildman–Crippen MR) is 74.4 cm³/mol. The van der Waals surface area contributed by atoms with Crippen molar-refractivity contribution >= 4 is 0 Å². The van der Waals surface area contributed by atoms with Crippen LogP contribution in [0.2, 0.25) is 0 Å². The molecule has 0 fully saturated rings. The van der Waals surface area contributed by atoms with Crippen molar-refractivity contribution in [3.63, 3.8) is 0 Å². The summed E-state index contributed by atoms with van der Waals surface area (Å²) in [5.41, 5.74) is 0.154. The van der Waals surface area contributed by atoms with E-state index in [1.54, 1.807) is 7.05 Å². The SMILES string of the molecule is CCCN(CCO)CCc1cc(=O)n(C)c(=O)n1C. The maximum atomic E-state index is 11.8. The van der Waals surface area contributed by atoms with Crippen LogP contribution in [-0.4, -0.2) is 45.4 Å². The highest BCUT2D eigenvalue weighted by atomic mass is 16.3. The lowest BCUT2D eigenvalue weighted by molar-refractivity contribution is 0.196. The van der Waals surface area contributed by atoms with Crippen molar-refractivity contribution in [1.82, 2.24) is 14.0 Å². The molecule has 1 aromatic rings. The highest BCUT2D eigenvalue weighted by molar-refractivity contribution is 5.02. The third-order valence-corrected chi connectivity index (χ3v) is 3.27. The van der Waals surface area contributed by atoms with Crippen LogP contribution in [0, 0.1) is 0 Å². The van der Waals surface area contributed by atoms with Gasteiger partial charge in [-0.3, -0.25) is 9.36 Å². The van der Waals surface area contributed by atoms with Crippen LogP contribution in [0.3, 0.4) is 0 Å². The van der Waals surface area contributed by atoms with Crippen LogP contribution >= 0.6 is 0 Å². The van der Waals surface area contributed by atoms with Crippen LogP contribution in [0.25, 0.3) is 0 Å². The number of hydrogen-bond acceptors (Lipinski definition) is 4. The molecule has 0 spiro atoms. The first kappa shape index (κ1) is 15.7. The molecule has 108 valence electrons. The summed E-state index contributed by atoms with van der Waals surface area (Å²) in [6.45, 7) is 4.45. The van der Waals surface area contributed by atoms with Gasteiger partial charge < -0.3 is 14.6 Å². The van der Waals surface area contributed by atoms with Gasteiger partial charge in [-0.15, -0.1) is 0 Å². The maximum Gasteiger partial charge on any atom is 0.330 e. The molecule has 0 saturated carbocycles. The molecule has 1 heterocycles. The highest BCUT2D eigenvalue weighted by Crippen LogP contribution is 1.98. The number of rotatable bonds is 7. The number of aliphatic hydroxyl groups is 1. The Morgan fingerprint density at radius 1 is 1.16 bits per heavy atom. The first-order valence-electron chi connectivity index (χ1n) is 6.60. The molecule has 1 N–H and O–H groups in total. The molecule has 0 amide bonds. The van der Waals surface area contributed by atoms with Crippen molar-refractivity contribution < 1.29 is 5.11 Å². The third-order valence-electron chi connectivity index (χ3n) is 3.27. The van der Waals surface area contributed by atoms with Gasteiger partial charge in [0.05, 0.1) is 6.61 Å². The van der Waals surface area contributed by atoms with Crippen molar-refractivity contribution in [3.05, 3.63) is 32.6 Å². The second kappa shape index (κ2) is 7.25. The summed E-state index contributed by atoms with van der Waals surface area (Å²) in [6, 6.07) is 1.50. The van der Waals surface area contributed by atoms with Gasteiger partial charge in [-0.2, -0.15) is 0 Å². The summed E-state index contributed by atoms with van der Waals surface area (Å²) in [4.78, 5) is 25.5. The fourth-order valence-corrected chi connectivity index (χ4v) is 2.08. The third kappa shape index (κ3) is 4.04. The van der Waals surface area contributed by atoms with E-state index in [1.165, 1.54) is 17.7 Å². The molecule has 0 aromatic carbocycles. The summed E-state index contributed by atoms with van der Waals surface area (Å²) in [6.07, 6.45) is 1.64. The van der Waals surface area contributed by atoms with Crippen molar-refractivity contribution in [2.75, 3.05) is 26.2 Å². The summed E-state index contributed by atoms with van der Waals surface area (Å²) in [5.74, 6) is 0. The standard InChI is InChI=1S/C13H23N3O3/c1-4-6-16(8-9-17)7-5-11-10-12(18)15(3)13(19)14(11)2/h10,17H,4-9H2,1-3H3. The van der Waals surface area contributed by atoms with Crippen molar-refractivity contribution in [3.8, 4) is 0 Å². The maximum absolute atomic E-state index is 11.8. The zero-order valence-corrected chi connectivity index (χ0v) is 11.9. The molecule has 1 rings (SSSR count). The van der Waals surface area contributed by atoms with Crippen LogP contribution in [0.1, 0.15) is 19.0 Å². The van der Waals surface area contributed by atoms with Crippen molar-refractivity contribution in [2.24, 2.45) is 14.1 Å². The van der Waals surface area contributed by atoms with Gasteiger partial charge in [0.25, 0.3) is 5.56 Å². The van der Waals surface area contributed by atoms with Crippen LogP contribution in [0.4, 0.5) is 0 Å². The predicted octanol–water partition coefficient (Wildman–Crippen LogP) is -0.669. The van der Waals surface area contributed by atoms with E-state index in [2.05, 4.69) is 11.8 Å². The van der Waals surface area contributed by atoms with Gasteiger partial charge in [0, 0.05) is 45.4 Å². The molecule has 19 heavy (non-hydrogen) atoms. The molecular weight excluding hydrogens is 246 g/mol. The first-order chi connectivity index (χ1) is 9.01. The molecule has 0 bridgehead atoms. The zero-order valence-electron chi connectivity index (χ0n) is 11.9. The van der Waals surface area contributed by atoms with Crippen molar-refractivity contribution in [1.29, 1.82) is 0 Å². The van der Waals surface area contributed by atoms with Gasteiger partial charge in [-0.05, 0) is 13.0 Å². The topological polar surface area (TPSA) is 67.5 Å². The second-order valence-corrected chi connectivity index (χ2v) is 4.69. The lowest BCUT2D eigenvalue weighted by Crippen LogP contribution is -2.39. The molecule has 0 aliphatic rings. The Morgan fingerprint density at radius 3 is 2.42 bits per heavy atom. The van der Waals surface area contributed by atoms with Crippen LogP contribution < -0.4 is 11.2 Å². The van der Waals surface area contributed by atoms with E-state index in [9.17, 15) is 9.59 Å². The van der Waals surface area contributed by atoms with Gasteiger partial charge in [-0.25, -0.2) is 4.79 Å². The Balaban J connectivity index is 2.83. The molecule has 0 saturated heterocycles. The molecule has 0 atom stereocenters. The van der Waals surface area contributed by atoms with Crippen molar-refractivity contribution in [2.45, 2.75) is 19.8 Å². The summed E-state index contributed by atoms with van der Waals surface area (Å²) in [7, 11) is 3.15. The Bertz CT molecular complexity index is 513. The summed E-state index contributed by atoms with van der Waals surface area (Å²) in [5, 5.41) is 8.99. The van der Waals surface area contributed by atoms with Gasteiger partial charge >= 0.3 is 5.69 Å². The van der Waals surface area contributed by atoms with E-state index in [-0.39, 0.29) is 17.9 Å². The minimum atomic E-state index is -0.299. The summed E-state index contributed by atoms with van der Waals surface area (Å²) >= 11 is 0. The highest BCUT2D eigenvalue weighted by Gasteiger charge is 2.08. The number of nitrogens with zero attached hydrogens (tertiary/aromatic N) is 3. The van der Waals surface area contributed by atoms with E-state index in [4.69, 9.17) is 5.11 Å². The molecule has 0 aliphatic carbocycles. The number of aliphatic hydroxyl groups excluding tert-OH is 1. The van der Waals surface area contributed by atoms with E-state index >= 15 is 0 Å². The largest absolute Gasteiger partial charge is 0.395 e. The molecule has 6 heteroatoms. The zero-order chi connectivity index (χ0) is 14.4. The molecule has 0 aliphatic heterocycles. The van der Waals surface area contributed by atoms with E-state index in [0.29, 0.717) is 13.0 Å². The Hall–Kier alpha value is -1.40. The first-order valence-corrected chi connectivity index (χ1v) is 6.60. The monoisotopic (exact) mass is 269 g/mol. The smallest absolute Gasteiger partial charge is 0.330 e. The van der Waals surface area contributed by atoms with Crippen LogP contribution in [-0.2, 0) is 20.5 Å². The minimum absolute atomic E-state index is 0.121. The lowest BCUT2D eigenvalue weighted by atomic mass is 10.2. The molecule has 6 nitrogen and oxygen atoms in total. The minimum Gasteiger partial charge on any atom is -0.395 e. The molecule has 1 aromatic heterocycles. The van der Waals surface area contributed by atoms with Crippen LogP contribution in [0.15, 0.2) is 15.7 Å². The van der Waals surface area contributed by atoms with Gasteiger partial charge in [0.2, 0.25) is 0 Å². The van der Waals surface area contributed by atoms with Gasteiger partial charge in [-0.1, -0.05) is 6.92 Å². The summed E-state index contributed by atoms with van der Waals surface area (Å²) < 4.78 is 2.60. The lowest BCUT2D eigenvalue weighted by Gasteiger charge is -2.21. The second-order valence-electron chi connectivity index (χ2n) is 4.69. The fourth-order valence-electron chi connectivity index (χ4n) is 2.08. The van der Waals surface area contributed by atoms with E-state index in [1.807, 2.05) is 0 Å². The van der Waals surface area contributed by atoms with Gasteiger partial charge in [0.1, 0.15) is 0 Å². The average Bonchev–Trinajstić information content (AvgIpc) is 2.39. The van der Waals surface area contributed by atoms with E-state index < -0.39 is 0 Å². The van der Waals surface area contributed by atoms with E-state index in [0.717, 1.165) is 29.8 Å². The Morgan fingerprint density at radius 2 is 1.84 bits per heavy atom. The molecular formula is C13H23N3O3. The van der Waals surface area contributed by atoms with Gasteiger partial charge in [0.15, 0.2) is 0 Å². The normalized spacial score (nSPS) is 11.2. The average molecular weight is 269 g/mol. The quantitative estimate of drug-likeness (QED) is 0.713. The molecule has 0 radical (unpaired) electrons. The molecule has 0 unspecified atom stereocenters.